The zero-order chi connectivity index (χ0) is 104. The first kappa shape index (κ1) is 107. The number of hydrogen-bond acceptors (Lipinski definition) is 30. The summed E-state index contributed by atoms with van der Waals surface area (Å²) in [5, 5.41) is 8.00. The molecule has 41 heteroatoms. The van der Waals surface area contributed by atoms with Gasteiger partial charge in [-0.25, -0.2) is 52.2 Å². The average molecular weight is 2040 g/mol. The van der Waals surface area contributed by atoms with Crippen molar-refractivity contribution in [1.29, 1.82) is 5.26 Å². The Balaban J connectivity index is 0.000000160. The van der Waals surface area contributed by atoms with Gasteiger partial charge in [-0.2, -0.15) is 58.6 Å². The van der Waals surface area contributed by atoms with E-state index in [-0.39, 0.29) is 113 Å². The molecular formula is C102H124F3N19O15S4. The molecule has 1 saturated carbocycles. The molecule has 6 aliphatic rings. The maximum Gasteiger partial charge on any atom is 0.391 e. The highest BCUT2D eigenvalue weighted by Crippen LogP contribution is 2.46. The minimum absolute atomic E-state index is 0.0277. The molecule has 1 aliphatic carbocycles. The number of nitriles is 1. The molecule has 8 aromatic heterocycles. The van der Waals surface area contributed by atoms with Crippen molar-refractivity contribution in [3.05, 3.63) is 234 Å². The van der Waals surface area contributed by atoms with E-state index in [1.807, 2.05) is 47.9 Å². The minimum Gasteiger partial charge on any atom is -0.478 e. The standard InChI is InChI=1S/C29H35N5O4S.C25H32F3N5O3S.C25H25N5O4S.C23H32N4O4S/c1-21-17-29(2,3)34(18-21)27-24(11-8-15-30-27)28(35)32-39(36,37)26-13-7-12-25(31-26)38-23-14-16-33(20-23)19-22-9-5-4-6-10-22;1-15-13-24(2,3)33(14-15)22-18(23(34)32-37(35,36)20-5-4-12-30-21(20)29)10-11-19(31-22)16-6-8-17(9-7-16)25(26,27)28;1-17-14-25(2,3)30(16-17)23-20(6-5-13-27-23)24(31)29-35(32,33)22-8-4-7-21(28-22)34-19-11-9-18(15-26)10-12-19;1-16(2)11-13-31-19-9-6-10-20(25-19)32(29,30)26-22(28)18-8-7-12-24-21(18)27-15-17(3)14-23(27,4)5/h4-13,15,21,23H,14,16-20H2,1-3H3,(H,32,35);4-5,10-12,15-17H,6-9,13-14H2,1-3H3,(H2,29,30)(H,32,34);4-13,17H,14,16H2,1-3H3,(H,29,31);6-10,12,16-17H,11,13-15H2,1-5H3,(H,26,28)/t21?,23-;15-,16?,17?;;/m00../s1. The van der Waals surface area contributed by atoms with Crippen LogP contribution in [-0.2, 0) is 46.6 Å². The Morgan fingerprint density at radius 1 is 0.462 bits per heavy atom. The smallest absolute Gasteiger partial charge is 0.391 e. The number of nitrogen functional groups attached to an aromatic ring is 1. The minimum atomic E-state index is -4.31. The molecule has 0 radical (unpaired) electrons. The van der Waals surface area contributed by atoms with E-state index in [4.69, 9.17) is 30.2 Å². The predicted octanol–water partition coefficient (Wildman–Crippen LogP) is 16.0. The van der Waals surface area contributed by atoms with Gasteiger partial charge in [0.25, 0.3) is 63.7 Å². The van der Waals surface area contributed by atoms with Crippen LogP contribution < -0.4 is 58.4 Å². The quantitative estimate of drug-likeness (QED) is 0.0319. The summed E-state index contributed by atoms with van der Waals surface area (Å²) in [6.07, 6.45) is 7.92. The first-order valence-electron chi connectivity index (χ1n) is 47.6. The van der Waals surface area contributed by atoms with E-state index in [9.17, 15) is 66.0 Å². The number of nitrogens with zero attached hydrogens (tertiary/aromatic N) is 14. The summed E-state index contributed by atoms with van der Waals surface area (Å²) < 4.78 is 169. The molecule has 16 rings (SSSR count). The maximum absolute atomic E-state index is 13.3. The number of carbonyl (C=O) groups is 4. The van der Waals surface area contributed by atoms with E-state index in [1.54, 1.807) is 110 Å². The van der Waals surface area contributed by atoms with Crippen molar-refractivity contribution < 1.29 is 80.2 Å². The SMILES string of the molecule is CC(C)CCOc1cccc(S(=O)(=O)NC(=O)c2cccnc2N2CC(C)CC2(C)C)n1.CC1CN(c2ncccc2C(=O)NS(=O)(=O)c2cccc(O[C@H]3CCN(Cc4ccccc4)C3)n2)C(C)(C)C1.CC1CN(c2ncccc2C(=O)NS(=O)(=O)c2cccc(Oc3ccc(C#N)cc3)n2)C(C)(C)C1.C[C@@H]1CN(c2nc(C3CCC(C(F)(F)F)CC3)ccc2C(=O)NS(=O)(=O)c2cccnc2N)C(C)(C)C1. The monoisotopic (exact) mass is 2040 g/mol. The number of halogens is 3. The van der Waals surface area contributed by atoms with Gasteiger partial charge in [-0.15, -0.1) is 0 Å². The lowest BCUT2D eigenvalue weighted by Gasteiger charge is -2.35. The molecule has 4 amide bonds. The molecule has 0 bridgehead atoms. The molecule has 5 aliphatic heterocycles. The number of likely N-dealkylation sites (tertiary alicyclic amines) is 1. The molecule has 2 aromatic carbocycles. The molecule has 6 N–H and O–H groups in total. The number of alkyl halides is 3. The van der Waals surface area contributed by atoms with Crippen LogP contribution in [0.5, 0.6) is 23.4 Å². The normalized spacial score (nSPS) is 20.2. The molecule has 10 aromatic rings. The molecule has 143 heavy (non-hydrogen) atoms. The average Bonchev–Trinajstić information content (AvgIpc) is 1.68. The number of hydrogen-bond donors (Lipinski definition) is 5. The number of amides is 4. The third kappa shape index (κ3) is 27.1. The molecule has 762 valence electrons. The molecular weight excluding hydrogens is 1920 g/mol. The molecule has 13 heterocycles. The number of nitrogens with two attached hydrogens (primary N) is 1. The number of ether oxygens (including phenoxy) is 3. The summed E-state index contributed by atoms with van der Waals surface area (Å²) in [6, 6.07) is 47.2. The van der Waals surface area contributed by atoms with Crippen molar-refractivity contribution in [1.82, 2.24) is 63.7 Å². The van der Waals surface area contributed by atoms with E-state index in [2.05, 4.69) is 164 Å². The van der Waals surface area contributed by atoms with Gasteiger partial charge in [0.1, 0.15) is 45.8 Å². The Morgan fingerprint density at radius 2 is 0.867 bits per heavy atom. The van der Waals surface area contributed by atoms with Crippen molar-refractivity contribution in [2.45, 2.75) is 228 Å². The number of carbonyl (C=O) groups excluding carboxylic acids is 4. The predicted molar refractivity (Wildman–Crippen MR) is 535 cm³/mol. The second-order valence-electron chi connectivity index (χ2n) is 40.3. The van der Waals surface area contributed by atoms with Crippen LogP contribution in [0.4, 0.5) is 42.3 Å². The van der Waals surface area contributed by atoms with Crippen molar-refractivity contribution in [2.24, 2.45) is 35.5 Å². The van der Waals surface area contributed by atoms with Crippen LogP contribution in [0.1, 0.15) is 225 Å². The highest BCUT2D eigenvalue weighted by atomic mass is 32.2. The van der Waals surface area contributed by atoms with Gasteiger partial charge in [0, 0.05) is 123 Å². The number of pyridine rings is 8. The summed E-state index contributed by atoms with van der Waals surface area (Å²) in [5.41, 5.74) is 7.70. The Morgan fingerprint density at radius 3 is 1.29 bits per heavy atom. The topological polar surface area (TPSA) is 450 Å². The van der Waals surface area contributed by atoms with E-state index in [1.165, 1.54) is 60.3 Å². The number of aromatic nitrogens is 8. The van der Waals surface area contributed by atoms with E-state index < -0.39 is 75.8 Å². The summed E-state index contributed by atoms with van der Waals surface area (Å²) >= 11 is 0. The fourth-order valence-corrected chi connectivity index (χ4v) is 23.4. The van der Waals surface area contributed by atoms with Crippen molar-refractivity contribution >= 4 is 92.8 Å². The van der Waals surface area contributed by atoms with Crippen LogP contribution in [0.2, 0.25) is 0 Å². The van der Waals surface area contributed by atoms with Gasteiger partial charge in [-0.1, -0.05) is 90.1 Å². The summed E-state index contributed by atoms with van der Waals surface area (Å²) in [6.45, 7) is 34.9. The lowest BCUT2D eigenvalue weighted by molar-refractivity contribution is -0.182. The zero-order valence-electron chi connectivity index (χ0n) is 82.6. The number of rotatable bonds is 27. The van der Waals surface area contributed by atoms with Crippen LogP contribution >= 0.6 is 0 Å². The Bertz CT molecular complexity index is 6780. The number of anilines is 5. The second-order valence-corrected chi connectivity index (χ2v) is 46.9. The largest absolute Gasteiger partial charge is 0.478 e. The molecule has 3 unspecified atom stereocenters. The second kappa shape index (κ2) is 44.4. The fraction of sp³-hybridized carbons (Fsp3) is 0.441. The molecule has 6 fully saturated rings. The van der Waals surface area contributed by atoms with Crippen LogP contribution in [0.15, 0.2) is 215 Å². The highest BCUT2D eigenvalue weighted by molar-refractivity contribution is 7.91. The highest BCUT2D eigenvalue weighted by Gasteiger charge is 2.46. The third-order valence-corrected chi connectivity index (χ3v) is 31.1. The number of nitrogens with one attached hydrogen (secondary N) is 4. The maximum atomic E-state index is 13.3. The van der Waals surface area contributed by atoms with Gasteiger partial charge in [0.2, 0.25) is 17.6 Å². The van der Waals surface area contributed by atoms with Crippen LogP contribution in [0.25, 0.3) is 0 Å². The van der Waals surface area contributed by atoms with Gasteiger partial charge in [-0.05, 0) is 258 Å². The van der Waals surface area contributed by atoms with E-state index in [0.717, 1.165) is 71.2 Å². The summed E-state index contributed by atoms with van der Waals surface area (Å²) in [7, 11) is -17.0. The van der Waals surface area contributed by atoms with Gasteiger partial charge >= 0.3 is 6.18 Å². The molecule has 0 spiro atoms. The zero-order valence-corrected chi connectivity index (χ0v) is 85.8. The molecule has 5 saturated heterocycles. The van der Waals surface area contributed by atoms with Crippen molar-refractivity contribution in [3.63, 3.8) is 0 Å². The van der Waals surface area contributed by atoms with Crippen molar-refractivity contribution in [3.8, 4) is 29.5 Å². The molecule has 5 atom stereocenters. The van der Waals surface area contributed by atoms with Crippen LogP contribution in [0.3, 0.4) is 0 Å². The summed E-state index contributed by atoms with van der Waals surface area (Å²) in [4.78, 5) is 97.0. The first-order chi connectivity index (χ1) is 67.4. The fourth-order valence-electron chi connectivity index (χ4n) is 19.6. The van der Waals surface area contributed by atoms with E-state index >= 15 is 0 Å². The first-order valence-corrected chi connectivity index (χ1v) is 53.5. The number of sulfonamides is 4. The number of benzene rings is 2. The van der Waals surface area contributed by atoms with Crippen LogP contribution in [0, 0.1) is 46.8 Å². The lowest BCUT2D eigenvalue weighted by Crippen LogP contribution is -2.41. The Kier molecular flexibility index (Phi) is 33.3. The molecule has 34 nitrogen and oxygen atoms in total. The van der Waals surface area contributed by atoms with Gasteiger partial charge in [0.05, 0.1) is 46.4 Å². The van der Waals surface area contributed by atoms with E-state index in [0.29, 0.717) is 102 Å². The third-order valence-electron chi connectivity index (χ3n) is 26.0. The Hall–Kier alpha value is -13.0. The Labute approximate surface area is 834 Å². The lowest BCUT2D eigenvalue weighted by atomic mass is 9.80. The van der Waals surface area contributed by atoms with Crippen molar-refractivity contribution in [2.75, 3.05) is 71.2 Å². The van der Waals surface area contributed by atoms with Gasteiger partial charge < -0.3 is 39.5 Å². The van der Waals surface area contributed by atoms with Gasteiger partial charge in [-0.3, -0.25) is 24.1 Å². The summed E-state index contributed by atoms with van der Waals surface area (Å²) in [5.74, 6) is -0.244. The van der Waals surface area contributed by atoms with Crippen LogP contribution in [-0.4, -0.2) is 182 Å². The van der Waals surface area contributed by atoms with Gasteiger partial charge in [0.15, 0.2) is 15.1 Å².